The number of halogens is 3. The van der Waals surface area contributed by atoms with Crippen LogP contribution in [0.25, 0.3) is 0 Å². The van der Waals surface area contributed by atoms with Gasteiger partial charge in [0.05, 0.1) is 0 Å². The maximum absolute atomic E-state index is 12.3. The summed E-state index contributed by atoms with van der Waals surface area (Å²) in [7, 11) is 1.99. The van der Waals surface area contributed by atoms with Crippen molar-refractivity contribution >= 4 is 29.9 Å². The van der Waals surface area contributed by atoms with E-state index < -0.39 is 6.61 Å². The topological polar surface area (TPSA) is 43.3 Å². The molecular weight excluding hydrogens is 515 g/mol. The Morgan fingerprint density at radius 3 is 2.29 bits per heavy atom. The number of guanidine groups is 1. The maximum Gasteiger partial charge on any atom is 0.387 e. The molecule has 1 aliphatic rings. The van der Waals surface area contributed by atoms with E-state index in [0.29, 0.717) is 12.5 Å². The third kappa shape index (κ3) is 10.3. The van der Waals surface area contributed by atoms with Crippen LogP contribution in [0.4, 0.5) is 8.78 Å². The molecule has 9 heteroatoms. The molecule has 0 amide bonds. The summed E-state index contributed by atoms with van der Waals surface area (Å²) in [4.78, 5) is 11.9. The smallest absolute Gasteiger partial charge is 0.387 e. The van der Waals surface area contributed by atoms with Gasteiger partial charge >= 0.3 is 6.61 Å². The predicted molar refractivity (Wildman–Crippen MR) is 134 cm³/mol. The first-order chi connectivity index (χ1) is 14.4. The molecule has 1 saturated heterocycles. The second kappa shape index (κ2) is 14.8. The predicted octanol–water partition coefficient (Wildman–Crippen LogP) is 3.58. The molecule has 0 saturated carbocycles. The van der Waals surface area contributed by atoms with E-state index in [0.717, 1.165) is 63.9 Å². The number of ether oxygens (including phenoxy) is 1. The van der Waals surface area contributed by atoms with Crippen LogP contribution in [-0.4, -0.2) is 86.7 Å². The van der Waals surface area contributed by atoms with E-state index in [1.54, 1.807) is 24.3 Å². The van der Waals surface area contributed by atoms with Gasteiger partial charge in [0, 0.05) is 59.4 Å². The van der Waals surface area contributed by atoms with Crippen LogP contribution in [0.15, 0.2) is 29.3 Å². The zero-order valence-corrected chi connectivity index (χ0v) is 21.5. The minimum Gasteiger partial charge on any atom is -0.435 e. The average Bonchev–Trinajstić information content (AvgIpc) is 2.72. The van der Waals surface area contributed by atoms with Gasteiger partial charge in [0.25, 0.3) is 0 Å². The summed E-state index contributed by atoms with van der Waals surface area (Å²) in [5.74, 6) is 1.50. The van der Waals surface area contributed by atoms with Crippen molar-refractivity contribution in [1.29, 1.82) is 0 Å². The molecule has 1 aromatic carbocycles. The summed E-state index contributed by atoms with van der Waals surface area (Å²) < 4.78 is 29.0. The highest BCUT2D eigenvalue weighted by molar-refractivity contribution is 14.0. The molecule has 0 bridgehead atoms. The van der Waals surface area contributed by atoms with E-state index in [1.165, 1.54) is 0 Å². The molecule has 1 unspecified atom stereocenters. The molecule has 1 atom stereocenters. The van der Waals surface area contributed by atoms with Crippen LogP contribution in [0, 0.1) is 5.92 Å². The molecule has 0 aromatic heterocycles. The molecule has 2 rings (SSSR count). The van der Waals surface area contributed by atoms with Crippen molar-refractivity contribution in [3.63, 3.8) is 0 Å². The van der Waals surface area contributed by atoms with Gasteiger partial charge < -0.3 is 24.8 Å². The molecule has 1 N–H and O–H groups in total. The molecule has 1 aromatic rings. The lowest BCUT2D eigenvalue weighted by Gasteiger charge is -2.35. The van der Waals surface area contributed by atoms with Crippen molar-refractivity contribution in [3.05, 3.63) is 29.8 Å². The third-order valence-corrected chi connectivity index (χ3v) is 5.30. The Morgan fingerprint density at radius 1 is 1.13 bits per heavy atom. The van der Waals surface area contributed by atoms with E-state index >= 15 is 0 Å². The molecule has 31 heavy (non-hydrogen) atoms. The number of hydrogen-bond acceptors (Lipinski definition) is 4. The molecular formula is C22H38F2IN5O. The number of likely N-dealkylation sites (N-methyl/N-ethyl adjacent to an activating group) is 1. The van der Waals surface area contributed by atoms with Crippen LogP contribution in [-0.2, 0) is 6.54 Å². The largest absolute Gasteiger partial charge is 0.435 e. The Hall–Kier alpha value is -1.20. The Balaban J connectivity index is 0.00000480. The Bertz CT molecular complexity index is 639. The number of nitrogens with zero attached hydrogens (tertiary/aromatic N) is 4. The fourth-order valence-electron chi connectivity index (χ4n) is 3.62. The number of piperazine rings is 1. The first-order valence-corrected chi connectivity index (χ1v) is 10.9. The second-order valence-corrected chi connectivity index (χ2v) is 7.91. The Kier molecular flexibility index (Phi) is 13.3. The molecule has 1 aliphatic heterocycles. The second-order valence-electron chi connectivity index (χ2n) is 7.91. The number of aliphatic imine (C=N–C) groups is 1. The van der Waals surface area contributed by atoms with Crippen LogP contribution < -0.4 is 10.1 Å². The minimum absolute atomic E-state index is 0. The van der Waals surface area contributed by atoms with Crippen molar-refractivity contribution in [2.75, 3.05) is 59.4 Å². The summed E-state index contributed by atoms with van der Waals surface area (Å²) in [6, 6.07) is 6.74. The van der Waals surface area contributed by atoms with Crippen molar-refractivity contribution < 1.29 is 13.5 Å². The monoisotopic (exact) mass is 553 g/mol. The molecule has 1 fully saturated rings. The van der Waals surface area contributed by atoms with E-state index in [-0.39, 0.29) is 29.7 Å². The summed E-state index contributed by atoms with van der Waals surface area (Å²) >= 11 is 0. The van der Waals surface area contributed by atoms with Crippen LogP contribution >= 0.6 is 24.0 Å². The van der Waals surface area contributed by atoms with E-state index in [9.17, 15) is 8.78 Å². The van der Waals surface area contributed by atoms with Crippen molar-refractivity contribution in [2.45, 2.75) is 33.9 Å². The first-order valence-electron chi connectivity index (χ1n) is 10.9. The highest BCUT2D eigenvalue weighted by Gasteiger charge is 2.17. The van der Waals surface area contributed by atoms with Gasteiger partial charge in [-0.15, -0.1) is 24.0 Å². The first kappa shape index (κ1) is 27.8. The van der Waals surface area contributed by atoms with Gasteiger partial charge in [0.1, 0.15) is 5.75 Å². The lowest BCUT2D eigenvalue weighted by atomic mass is 10.1. The average molecular weight is 553 g/mol. The van der Waals surface area contributed by atoms with Gasteiger partial charge in [0.2, 0.25) is 0 Å². The molecule has 0 aliphatic carbocycles. The number of rotatable bonds is 10. The number of alkyl halides is 2. The SMILES string of the molecule is CCNC(=NCC(C)CN1CCN(CC)CC1)N(C)Cc1ccc(OC(F)F)cc1.I. The fourth-order valence-corrected chi connectivity index (χ4v) is 3.62. The van der Waals surface area contributed by atoms with Crippen molar-refractivity contribution in [1.82, 2.24) is 20.0 Å². The summed E-state index contributed by atoms with van der Waals surface area (Å²) in [5.41, 5.74) is 1.01. The van der Waals surface area contributed by atoms with Crippen molar-refractivity contribution in [3.8, 4) is 5.75 Å². The molecule has 1 heterocycles. The Labute approximate surface area is 203 Å². The van der Waals surface area contributed by atoms with Crippen LogP contribution in [0.5, 0.6) is 5.75 Å². The molecule has 6 nitrogen and oxygen atoms in total. The van der Waals surface area contributed by atoms with Gasteiger partial charge in [-0.05, 0) is 37.1 Å². The van der Waals surface area contributed by atoms with Gasteiger partial charge in [0.15, 0.2) is 5.96 Å². The Morgan fingerprint density at radius 2 is 1.74 bits per heavy atom. The quantitative estimate of drug-likeness (QED) is 0.273. The van der Waals surface area contributed by atoms with Gasteiger partial charge in [-0.2, -0.15) is 8.78 Å². The zero-order valence-electron chi connectivity index (χ0n) is 19.2. The normalized spacial score (nSPS) is 16.7. The highest BCUT2D eigenvalue weighted by atomic mass is 127. The third-order valence-electron chi connectivity index (χ3n) is 5.30. The summed E-state index contributed by atoms with van der Waals surface area (Å²) in [5, 5.41) is 3.34. The van der Waals surface area contributed by atoms with Gasteiger partial charge in [-0.3, -0.25) is 4.99 Å². The van der Waals surface area contributed by atoms with Gasteiger partial charge in [-0.25, -0.2) is 0 Å². The van der Waals surface area contributed by atoms with Crippen LogP contribution in [0.3, 0.4) is 0 Å². The number of benzene rings is 1. The lowest BCUT2D eigenvalue weighted by molar-refractivity contribution is -0.0498. The summed E-state index contributed by atoms with van der Waals surface area (Å²) in [6.07, 6.45) is 0. The zero-order chi connectivity index (χ0) is 21.9. The maximum atomic E-state index is 12.3. The molecule has 0 spiro atoms. The summed E-state index contributed by atoms with van der Waals surface area (Å²) in [6.45, 7) is 12.7. The lowest BCUT2D eigenvalue weighted by Crippen LogP contribution is -2.47. The number of nitrogens with one attached hydrogen (secondary N) is 1. The highest BCUT2D eigenvalue weighted by Crippen LogP contribution is 2.16. The van der Waals surface area contributed by atoms with E-state index in [2.05, 4.69) is 45.5 Å². The van der Waals surface area contributed by atoms with Gasteiger partial charge in [-0.1, -0.05) is 26.0 Å². The van der Waals surface area contributed by atoms with Crippen LogP contribution in [0.2, 0.25) is 0 Å². The van der Waals surface area contributed by atoms with Crippen LogP contribution in [0.1, 0.15) is 26.3 Å². The minimum atomic E-state index is -2.80. The fraction of sp³-hybridized carbons (Fsp3) is 0.682. The number of hydrogen-bond donors (Lipinski definition) is 1. The van der Waals surface area contributed by atoms with Crippen molar-refractivity contribution in [2.24, 2.45) is 10.9 Å². The van der Waals surface area contributed by atoms with E-state index in [1.807, 2.05) is 7.05 Å². The molecule has 178 valence electrons. The molecule has 0 radical (unpaired) electrons. The van der Waals surface area contributed by atoms with E-state index in [4.69, 9.17) is 4.99 Å². The standard InChI is InChI=1S/C22H37F2N5O.HI/c1-5-25-22(26-15-18(3)16-29-13-11-28(6-2)12-14-29)27(4)17-19-7-9-20(10-8-19)30-21(23)24;/h7-10,18,21H,5-6,11-17H2,1-4H3,(H,25,26);1H.